The molecular formula is C14H10ClNO. The molecule has 0 unspecified atom stereocenters. The normalized spacial score (nSPS) is 10.9. The van der Waals surface area contributed by atoms with Crippen molar-refractivity contribution in [1.82, 2.24) is 4.98 Å². The fraction of sp³-hybridized carbons (Fsp3) is 0.0714. The van der Waals surface area contributed by atoms with Crippen LogP contribution in [-0.2, 0) is 5.88 Å². The van der Waals surface area contributed by atoms with Gasteiger partial charge in [-0.3, -0.25) is 0 Å². The second kappa shape index (κ2) is 4.22. The van der Waals surface area contributed by atoms with Gasteiger partial charge in [-0.05, 0) is 29.8 Å². The molecule has 0 aliphatic carbocycles. The molecule has 3 heteroatoms. The van der Waals surface area contributed by atoms with E-state index in [4.69, 9.17) is 16.0 Å². The summed E-state index contributed by atoms with van der Waals surface area (Å²) >= 11 is 5.81. The lowest BCUT2D eigenvalue weighted by Crippen LogP contribution is -1.81. The van der Waals surface area contributed by atoms with E-state index < -0.39 is 0 Å². The molecule has 0 amide bonds. The first-order valence-corrected chi connectivity index (χ1v) is 5.91. The van der Waals surface area contributed by atoms with Crippen molar-refractivity contribution in [1.29, 1.82) is 0 Å². The quantitative estimate of drug-likeness (QED) is 0.630. The highest BCUT2D eigenvalue weighted by molar-refractivity contribution is 6.17. The van der Waals surface area contributed by atoms with E-state index in [0.29, 0.717) is 11.8 Å². The van der Waals surface area contributed by atoms with Crippen molar-refractivity contribution in [2.75, 3.05) is 0 Å². The minimum absolute atomic E-state index is 0.494. The fourth-order valence-electron chi connectivity index (χ4n) is 1.78. The van der Waals surface area contributed by atoms with Crippen LogP contribution in [0.2, 0.25) is 0 Å². The van der Waals surface area contributed by atoms with Crippen molar-refractivity contribution >= 4 is 22.7 Å². The van der Waals surface area contributed by atoms with Gasteiger partial charge < -0.3 is 4.42 Å². The first-order valence-electron chi connectivity index (χ1n) is 5.37. The van der Waals surface area contributed by atoms with Crippen LogP contribution in [0.25, 0.3) is 22.6 Å². The number of hydrogen-bond acceptors (Lipinski definition) is 2. The van der Waals surface area contributed by atoms with Crippen molar-refractivity contribution in [3.8, 4) is 11.5 Å². The SMILES string of the molecule is ClCc1cccc(-c2nc3ccccc3o2)c1. The van der Waals surface area contributed by atoms with Gasteiger partial charge in [-0.15, -0.1) is 11.6 Å². The molecule has 2 aromatic carbocycles. The highest BCUT2D eigenvalue weighted by atomic mass is 35.5. The Morgan fingerprint density at radius 2 is 1.94 bits per heavy atom. The molecule has 0 saturated carbocycles. The van der Waals surface area contributed by atoms with Gasteiger partial charge in [-0.25, -0.2) is 4.98 Å². The number of fused-ring (bicyclic) bond motifs is 1. The highest BCUT2D eigenvalue weighted by Gasteiger charge is 2.07. The Morgan fingerprint density at radius 3 is 2.76 bits per heavy atom. The zero-order valence-corrected chi connectivity index (χ0v) is 9.82. The Labute approximate surface area is 104 Å². The number of benzene rings is 2. The molecule has 1 aromatic heterocycles. The lowest BCUT2D eigenvalue weighted by atomic mass is 10.1. The van der Waals surface area contributed by atoms with Crippen molar-refractivity contribution in [3.63, 3.8) is 0 Å². The number of para-hydroxylation sites is 2. The molecule has 0 saturated heterocycles. The minimum Gasteiger partial charge on any atom is -0.436 e. The number of rotatable bonds is 2. The van der Waals surface area contributed by atoms with Crippen LogP contribution in [0.15, 0.2) is 52.9 Å². The number of aromatic nitrogens is 1. The van der Waals surface area contributed by atoms with E-state index in [1.165, 1.54) is 0 Å². The molecule has 2 nitrogen and oxygen atoms in total. The maximum atomic E-state index is 5.81. The van der Waals surface area contributed by atoms with Gasteiger partial charge in [0, 0.05) is 11.4 Å². The largest absolute Gasteiger partial charge is 0.436 e. The zero-order valence-electron chi connectivity index (χ0n) is 9.06. The highest BCUT2D eigenvalue weighted by Crippen LogP contribution is 2.24. The average molecular weight is 244 g/mol. The molecule has 84 valence electrons. The second-order valence-electron chi connectivity index (χ2n) is 3.82. The Kier molecular flexibility index (Phi) is 2.57. The number of oxazole rings is 1. The van der Waals surface area contributed by atoms with E-state index in [-0.39, 0.29) is 0 Å². The van der Waals surface area contributed by atoms with E-state index in [2.05, 4.69) is 4.98 Å². The van der Waals surface area contributed by atoms with Gasteiger partial charge in [0.1, 0.15) is 5.52 Å². The predicted molar refractivity (Wildman–Crippen MR) is 69.0 cm³/mol. The van der Waals surface area contributed by atoms with Crippen molar-refractivity contribution < 1.29 is 4.42 Å². The third-order valence-electron chi connectivity index (χ3n) is 2.62. The number of alkyl halides is 1. The molecule has 0 atom stereocenters. The molecule has 0 aliphatic rings. The summed E-state index contributed by atoms with van der Waals surface area (Å²) in [5.41, 5.74) is 3.70. The predicted octanol–water partition coefficient (Wildman–Crippen LogP) is 4.23. The van der Waals surface area contributed by atoms with Gasteiger partial charge in [0.15, 0.2) is 5.58 Å². The lowest BCUT2D eigenvalue weighted by molar-refractivity contribution is 0.620. The molecule has 0 fully saturated rings. The summed E-state index contributed by atoms with van der Waals surface area (Å²) in [6.45, 7) is 0. The molecule has 0 N–H and O–H groups in total. The summed E-state index contributed by atoms with van der Waals surface area (Å²) in [4.78, 5) is 4.45. The Morgan fingerprint density at radius 1 is 1.06 bits per heavy atom. The Hall–Kier alpha value is -1.80. The van der Waals surface area contributed by atoms with E-state index in [1.54, 1.807) is 0 Å². The maximum Gasteiger partial charge on any atom is 0.227 e. The van der Waals surface area contributed by atoms with Crippen LogP contribution in [0, 0.1) is 0 Å². The first kappa shape index (κ1) is 10.4. The van der Waals surface area contributed by atoms with Crippen LogP contribution in [0.1, 0.15) is 5.56 Å². The van der Waals surface area contributed by atoms with Gasteiger partial charge in [-0.2, -0.15) is 0 Å². The maximum absolute atomic E-state index is 5.81. The Balaban J connectivity index is 2.13. The van der Waals surface area contributed by atoms with Crippen LogP contribution in [0.4, 0.5) is 0 Å². The minimum atomic E-state index is 0.494. The fourth-order valence-corrected chi connectivity index (χ4v) is 1.95. The monoisotopic (exact) mass is 243 g/mol. The van der Waals surface area contributed by atoms with Crippen LogP contribution in [0.5, 0.6) is 0 Å². The standard InChI is InChI=1S/C14H10ClNO/c15-9-10-4-3-5-11(8-10)14-16-12-6-1-2-7-13(12)17-14/h1-8H,9H2. The molecule has 3 rings (SSSR count). The molecule has 0 bridgehead atoms. The Bertz CT molecular complexity index is 627. The van der Waals surface area contributed by atoms with Gasteiger partial charge in [0.25, 0.3) is 0 Å². The molecule has 0 radical (unpaired) electrons. The van der Waals surface area contributed by atoms with Crippen molar-refractivity contribution in [2.45, 2.75) is 5.88 Å². The smallest absolute Gasteiger partial charge is 0.227 e. The third-order valence-corrected chi connectivity index (χ3v) is 2.93. The third kappa shape index (κ3) is 1.92. The van der Waals surface area contributed by atoms with Gasteiger partial charge >= 0.3 is 0 Å². The summed E-state index contributed by atoms with van der Waals surface area (Å²) < 4.78 is 5.70. The molecule has 0 spiro atoms. The summed E-state index contributed by atoms with van der Waals surface area (Å²) in [7, 11) is 0. The van der Waals surface area contributed by atoms with Crippen LogP contribution in [0.3, 0.4) is 0 Å². The molecule has 1 heterocycles. The number of nitrogens with zero attached hydrogens (tertiary/aromatic N) is 1. The van der Waals surface area contributed by atoms with Gasteiger partial charge in [0.2, 0.25) is 5.89 Å². The number of hydrogen-bond donors (Lipinski definition) is 0. The van der Waals surface area contributed by atoms with Crippen molar-refractivity contribution in [2.24, 2.45) is 0 Å². The van der Waals surface area contributed by atoms with Crippen molar-refractivity contribution in [3.05, 3.63) is 54.1 Å². The molecular weight excluding hydrogens is 234 g/mol. The summed E-state index contributed by atoms with van der Waals surface area (Å²) in [6, 6.07) is 15.7. The first-order chi connectivity index (χ1) is 8.36. The van der Waals surface area contributed by atoms with Crippen LogP contribution in [-0.4, -0.2) is 4.98 Å². The van der Waals surface area contributed by atoms with Crippen LogP contribution < -0.4 is 0 Å². The second-order valence-corrected chi connectivity index (χ2v) is 4.09. The van der Waals surface area contributed by atoms with E-state index in [1.807, 2.05) is 48.5 Å². The summed E-state index contributed by atoms with van der Waals surface area (Å²) in [5, 5.41) is 0. The number of halogens is 1. The van der Waals surface area contributed by atoms with E-state index >= 15 is 0 Å². The summed E-state index contributed by atoms with van der Waals surface area (Å²) in [5.74, 6) is 1.13. The average Bonchev–Trinajstić information content (AvgIpc) is 2.82. The summed E-state index contributed by atoms with van der Waals surface area (Å²) in [6.07, 6.45) is 0. The van der Waals surface area contributed by atoms with E-state index in [9.17, 15) is 0 Å². The molecule has 0 aliphatic heterocycles. The van der Waals surface area contributed by atoms with Gasteiger partial charge in [-0.1, -0.05) is 24.3 Å². The van der Waals surface area contributed by atoms with Gasteiger partial charge in [0.05, 0.1) is 0 Å². The zero-order chi connectivity index (χ0) is 11.7. The van der Waals surface area contributed by atoms with Crippen LogP contribution >= 0.6 is 11.6 Å². The molecule has 17 heavy (non-hydrogen) atoms. The van der Waals surface area contributed by atoms with E-state index in [0.717, 1.165) is 22.2 Å². The lowest BCUT2D eigenvalue weighted by Gasteiger charge is -1.97. The topological polar surface area (TPSA) is 26.0 Å². The molecule has 3 aromatic rings.